The van der Waals surface area contributed by atoms with E-state index in [-0.39, 0.29) is 17.4 Å². The summed E-state index contributed by atoms with van der Waals surface area (Å²) in [6, 6.07) is 4.14. The van der Waals surface area contributed by atoms with Gasteiger partial charge < -0.3 is 0 Å². The number of carbonyl (C=O) groups is 2. The Hall–Kier alpha value is -1.23. The number of benzene rings is 1. The van der Waals surface area contributed by atoms with Gasteiger partial charge in [0.05, 0.1) is 5.56 Å². The van der Waals surface area contributed by atoms with Gasteiger partial charge in [0, 0.05) is 17.4 Å². The third kappa shape index (κ3) is 2.46. The summed E-state index contributed by atoms with van der Waals surface area (Å²) in [6.07, 6.45) is 1.22. The molecule has 3 nitrogen and oxygen atoms in total. The van der Waals surface area contributed by atoms with Gasteiger partial charge in [-0.15, -0.1) is 0 Å². The van der Waals surface area contributed by atoms with Crippen LogP contribution in [0.1, 0.15) is 30.1 Å². The van der Waals surface area contributed by atoms with Crippen molar-refractivity contribution in [3.8, 4) is 0 Å². The second-order valence-electron chi connectivity index (χ2n) is 4.41. The molecule has 0 spiro atoms. The summed E-state index contributed by atoms with van der Waals surface area (Å²) in [5.41, 5.74) is -0.0607. The van der Waals surface area contributed by atoms with E-state index in [0.29, 0.717) is 17.4 Å². The molecule has 2 rings (SSSR count). The van der Waals surface area contributed by atoms with Crippen molar-refractivity contribution in [2.24, 2.45) is 5.92 Å². The lowest BCUT2D eigenvalue weighted by atomic mass is 10.1. The molecule has 0 bridgehead atoms. The zero-order valence-corrected chi connectivity index (χ0v) is 11.5. The summed E-state index contributed by atoms with van der Waals surface area (Å²) >= 11 is 3.19. The molecule has 18 heavy (non-hydrogen) atoms. The molecule has 0 saturated carbocycles. The molecule has 0 aliphatic carbocycles. The summed E-state index contributed by atoms with van der Waals surface area (Å²) in [5, 5.41) is 0. The Kier molecular flexibility index (Phi) is 3.80. The minimum absolute atomic E-state index is 0.0607. The van der Waals surface area contributed by atoms with Crippen LogP contribution in [0, 0.1) is 11.7 Å². The second-order valence-corrected chi connectivity index (χ2v) is 5.33. The van der Waals surface area contributed by atoms with Gasteiger partial charge in [0.25, 0.3) is 5.91 Å². The first-order valence-electron chi connectivity index (χ1n) is 5.82. The van der Waals surface area contributed by atoms with Crippen LogP contribution in [0.3, 0.4) is 0 Å². The van der Waals surface area contributed by atoms with Crippen molar-refractivity contribution in [1.82, 2.24) is 4.90 Å². The predicted molar refractivity (Wildman–Crippen MR) is 68.5 cm³/mol. The Morgan fingerprint density at radius 1 is 1.56 bits per heavy atom. The molecule has 1 unspecified atom stereocenters. The van der Waals surface area contributed by atoms with Gasteiger partial charge in [-0.3, -0.25) is 14.5 Å². The maximum absolute atomic E-state index is 13.6. The highest BCUT2D eigenvalue weighted by Crippen LogP contribution is 2.24. The van der Waals surface area contributed by atoms with E-state index in [4.69, 9.17) is 0 Å². The summed E-state index contributed by atoms with van der Waals surface area (Å²) < 4.78 is 14.2. The number of nitrogens with zero attached hydrogens (tertiary/aromatic N) is 1. The lowest BCUT2D eigenvalue weighted by molar-refractivity contribution is -0.125. The molecule has 0 N–H and O–H groups in total. The van der Waals surface area contributed by atoms with Crippen molar-refractivity contribution in [3.05, 3.63) is 34.1 Å². The highest BCUT2D eigenvalue weighted by Gasteiger charge is 2.34. The molecular formula is C13H13BrFNO2. The number of hydrogen-bond acceptors (Lipinski definition) is 2. The summed E-state index contributed by atoms with van der Waals surface area (Å²) in [5.74, 6) is -1.17. The highest BCUT2D eigenvalue weighted by molar-refractivity contribution is 9.10. The molecule has 0 aromatic heterocycles. The van der Waals surface area contributed by atoms with Gasteiger partial charge in [0.1, 0.15) is 5.82 Å². The van der Waals surface area contributed by atoms with E-state index in [9.17, 15) is 14.0 Å². The third-order valence-corrected chi connectivity index (χ3v) is 3.68. The lowest BCUT2D eigenvalue weighted by Gasteiger charge is -2.15. The van der Waals surface area contributed by atoms with Crippen LogP contribution in [0.25, 0.3) is 0 Å². The maximum atomic E-state index is 13.6. The average Bonchev–Trinajstić information content (AvgIpc) is 2.73. The maximum Gasteiger partial charge on any atom is 0.263 e. The quantitative estimate of drug-likeness (QED) is 0.787. The Labute approximate surface area is 113 Å². The largest absolute Gasteiger partial charge is 0.278 e. The van der Waals surface area contributed by atoms with Crippen LogP contribution in [0.15, 0.2) is 22.7 Å². The van der Waals surface area contributed by atoms with Gasteiger partial charge in [-0.2, -0.15) is 0 Å². The monoisotopic (exact) mass is 313 g/mol. The van der Waals surface area contributed by atoms with Crippen LogP contribution < -0.4 is 0 Å². The molecule has 1 aromatic carbocycles. The van der Waals surface area contributed by atoms with E-state index in [1.54, 1.807) is 0 Å². The standard InChI is InChI=1S/C13H13BrFNO2/c1-2-8-5-12(17)16(7-8)13(18)10-6-9(14)3-4-11(10)15/h3-4,6,8H,2,5,7H2,1H3. The number of imide groups is 1. The average molecular weight is 314 g/mol. The van der Waals surface area contributed by atoms with Gasteiger partial charge in [-0.05, 0) is 24.1 Å². The summed E-state index contributed by atoms with van der Waals surface area (Å²) in [6.45, 7) is 2.37. The first-order valence-corrected chi connectivity index (χ1v) is 6.62. The van der Waals surface area contributed by atoms with Crippen molar-refractivity contribution < 1.29 is 14.0 Å². The van der Waals surface area contributed by atoms with Crippen LogP contribution in [0.4, 0.5) is 4.39 Å². The number of hydrogen-bond donors (Lipinski definition) is 0. The van der Waals surface area contributed by atoms with Gasteiger partial charge in [0.2, 0.25) is 5.91 Å². The van der Waals surface area contributed by atoms with Crippen LogP contribution in [0.2, 0.25) is 0 Å². The topological polar surface area (TPSA) is 37.4 Å². The first-order chi connectivity index (χ1) is 8.52. The Morgan fingerprint density at radius 3 is 2.89 bits per heavy atom. The summed E-state index contributed by atoms with van der Waals surface area (Å²) in [7, 11) is 0. The van der Waals surface area contributed by atoms with Crippen molar-refractivity contribution >= 4 is 27.7 Å². The Balaban J connectivity index is 2.26. The van der Waals surface area contributed by atoms with Gasteiger partial charge in [0.15, 0.2) is 0 Å². The predicted octanol–water partition coefficient (Wildman–Crippen LogP) is 2.99. The Bertz CT molecular complexity index is 504. The molecule has 1 saturated heterocycles. The fourth-order valence-corrected chi connectivity index (χ4v) is 2.42. The van der Waals surface area contributed by atoms with E-state index in [0.717, 1.165) is 11.3 Å². The van der Waals surface area contributed by atoms with Crippen LogP contribution >= 0.6 is 15.9 Å². The molecule has 1 heterocycles. The number of likely N-dealkylation sites (tertiary alicyclic amines) is 1. The van der Waals surface area contributed by atoms with E-state index in [1.165, 1.54) is 18.2 Å². The fraction of sp³-hybridized carbons (Fsp3) is 0.385. The normalized spacial score (nSPS) is 19.4. The third-order valence-electron chi connectivity index (χ3n) is 3.19. The molecule has 1 aromatic rings. The second kappa shape index (κ2) is 5.18. The minimum Gasteiger partial charge on any atom is -0.278 e. The van der Waals surface area contributed by atoms with E-state index >= 15 is 0 Å². The molecule has 1 atom stereocenters. The highest BCUT2D eigenvalue weighted by atomic mass is 79.9. The van der Waals surface area contributed by atoms with Gasteiger partial charge in [-0.25, -0.2) is 4.39 Å². The Morgan fingerprint density at radius 2 is 2.28 bits per heavy atom. The number of amides is 2. The molecular weight excluding hydrogens is 301 g/mol. The molecule has 2 amide bonds. The van der Waals surface area contributed by atoms with Crippen LogP contribution in [-0.4, -0.2) is 23.3 Å². The molecule has 0 radical (unpaired) electrons. The molecule has 1 fully saturated rings. The van der Waals surface area contributed by atoms with E-state index < -0.39 is 11.7 Å². The zero-order valence-electron chi connectivity index (χ0n) is 9.95. The number of rotatable bonds is 2. The van der Waals surface area contributed by atoms with Gasteiger partial charge in [-0.1, -0.05) is 29.3 Å². The lowest BCUT2D eigenvalue weighted by Crippen LogP contribution is -2.33. The first kappa shape index (κ1) is 13.2. The van der Waals surface area contributed by atoms with Crippen LogP contribution in [-0.2, 0) is 4.79 Å². The van der Waals surface area contributed by atoms with Crippen LogP contribution in [0.5, 0.6) is 0 Å². The SMILES string of the molecule is CCC1CC(=O)N(C(=O)c2cc(Br)ccc2F)C1. The number of carbonyl (C=O) groups excluding carboxylic acids is 2. The molecule has 1 aliphatic rings. The zero-order chi connectivity index (χ0) is 13.3. The smallest absolute Gasteiger partial charge is 0.263 e. The van der Waals surface area contributed by atoms with Crippen molar-refractivity contribution in [2.75, 3.05) is 6.54 Å². The van der Waals surface area contributed by atoms with E-state index in [1.807, 2.05) is 6.92 Å². The molecule has 96 valence electrons. The summed E-state index contributed by atoms with van der Waals surface area (Å²) in [4.78, 5) is 25.0. The molecule has 1 aliphatic heterocycles. The van der Waals surface area contributed by atoms with E-state index in [2.05, 4.69) is 15.9 Å². The van der Waals surface area contributed by atoms with Crippen molar-refractivity contribution in [1.29, 1.82) is 0 Å². The fourth-order valence-electron chi connectivity index (χ4n) is 2.06. The number of halogens is 2. The van der Waals surface area contributed by atoms with Gasteiger partial charge >= 0.3 is 0 Å². The minimum atomic E-state index is -0.601. The molecule has 5 heteroatoms. The van der Waals surface area contributed by atoms with Crippen molar-refractivity contribution in [2.45, 2.75) is 19.8 Å². The van der Waals surface area contributed by atoms with Crippen molar-refractivity contribution in [3.63, 3.8) is 0 Å².